The van der Waals surface area contributed by atoms with Crippen LogP contribution in [0.15, 0.2) is 30.3 Å². The first-order valence-corrected chi connectivity index (χ1v) is 8.57. The highest BCUT2D eigenvalue weighted by Crippen LogP contribution is 2.27. The van der Waals surface area contributed by atoms with Crippen LogP contribution in [-0.4, -0.2) is 39.6 Å². The second kappa shape index (κ2) is 7.09. The van der Waals surface area contributed by atoms with E-state index >= 15 is 0 Å². The minimum atomic E-state index is -0.228. The number of benzene rings is 1. The first kappa shape index (κ1) is 17.2. The quantitative estimate of drug-likeness (QED) is 0.924. The summed E-state index contributed by atoms with van der Waals surface area (Å²) in [6.07, 6.45) is 0.601. The average molecular weight is 340 g/mol. The Morgan fingerprint density at radius 2 is 2.00 bits per heavy atom. The van der Waals surface area contributed by atoms with E-state index in [0.717, 1.165) is 22.5 Å². The number of nitrogens with one attached hydrogen (secondary N) is 1. The maximum atomic E-state index is 13.1. The van der Waals surface area contributed by atoms with Crippen molar-refractivity contribution in [3.05, 3.63) is 52.8 Å². The molecule has 1 fully saturated rings. The molecule has 1 atom stereocenters. The van der Waals surface area contributed by atoms with E-state index in [4.69, 9.17) is 0 Å². The fraction of sp³-hybridized carbons (Fsp3) is 0.421. The van der Waals surface area contributed by atoms with Gasteiger partial charge in [-0.15, -0.1) is 0 Å². The molecule has 1 saturated heterocycles. The van der Waals surface area contributed by atoms with Gasteiger partial charge in [-0.25, -0.2) is 0 Å². The van der Waals surface area contributed by atoms with Gasteiger partial charge < -0.3 is 10.2 Å². The Balaban J connectivity index is 1.88. The van der Waals surface area contributed by atoms with Gasteiger partial charge in [0.2, 0.25) is 11.8 Å². The third kappa shape index (κ3) is 3.57. The number of aryl methyl sites for hydroxylation is 2. The number of carbonyl (C=O) groups is 2. The lowest BCUT2D eigenvalue weighted by molar-refractivity contribution is -0.133. The second-order valence-corrected chi connectivity index (χ2v) is 6.52. The van der Waals surface area contributed by atoms with Gasteiger partial charge in [-0.05, 0) is 19.4 Å². The molecule has 132 valence electrons. The second-order valence-electron chi connectivity index (χ2n) is 6.52. The van der Waals surface area contributed by atoms with Crippen molar-refractivity contribution < 1.29 is 9.59 Å². The Hall–Kier alpha value is -2.63. The largest absolute Gasteiger partial charge is 0.354 e. The predicted octanol–water partition coefficient (Wildman–Crippen LogP) is 1.67. The van der Waals surface area contributed by atoms with Crippen LogP contribution >= 0.6 is 0 Å². The summed E-state index contributed by atoms with van der Waals surface area (Å²) >= 11 is 0. The van der Waals surface area contributed by atoms with Crippen LogP contribution in [0.3, 0.4) is 0 Å². The van der Waals surface area contributed by atoms with Gasteiger partial charge in [0.1, 0.15) is 0 Å². The van der Waals surface area contributed by atoms with E-state index in [-0.39, 0.29) is 17.9 Å². The molecule has 1 aromatic heterocycles. The van der Waals surface area contributed by atoms with E-state index in [2.05, 4.69) is 10.4 Å². The minimum absolute atomic E-state index is 0.0158. The number of hydrogen-bond donors (Lipinski definition) is 1. The molecule has 2 amide bonds. The van der Waals surface area contributed by atoms with Gasteiger partial charge in [-0.3, -0.25) is 14.3 Å². The zero-order valence-corrected chi connectivity index (χ0v) is 15.0. The van der Waals surface area contributed by atoms with Gasteiger partial charge in [0.15, 0.2) is 0 Å². The van der Waals surface area contributed by atoms with Crippen LogP contribution in [0.1, 0.15) is 35.0 Å². The summed E-state index contributed by atoms with van der Waals surface area (Å²) in [7, 11) is 1.89. The molecule has 1 N–H and O–H groups in total. The molecular weight excluding hydrogens is 316 g/mol. The summed E-state index contributed by atoms with van der Waals surface area (Å²) in [6, 6.07) is 9.54. The van der Waals surface area contributed by atoms with Gasteiger partial charge >= 0.3 is 0 Å². The molecule has 0 unspecified atom stereocenters. The third-order valence-electron chi connectivity index (χ3n) is 4.92. The molecule has 0 saturated carbocycles. The standard InChI is InChI=1S/C19H24N4O2/c1-13-16(14(2)22(3)21-13)11-19(25)23-10-9-20-18(24)12-17(23)15-7-5-4-6-8-15/h4-8,17H,9-12H2,1-3H3,(H,20,24)/t17-/m1/s1. The summed E-state index contributed by atoms with van der Waals surface area (Å²) in [4.78, 5) is 26.9. The maximum Gasteiger partial charge on any atom is 0.227 e. The van der Waals surface area contributed by atoms with Crippen molar-refractivity contribution >= 4 is 11.8 Å². The highest BCUT2D eigenvalue weighted by Gasteiger charge is 2.30. The summed E-state index contributed by atoms with van der Waals surface area (Å²) in [6.45, 7) is 4.91. The molecular formula is C19H24N4O2. The van der Waals surface area contributed by atoms with Crippen molar-refractivity contribution in [1.82, 2.24) is 20.0 Å². The smallest absolute Gasteiger partial charge is 0.227 e. The van der Waals surface area contributed by atoms with Crippen molar-refractivity contribution in [3.63, 3.8) is 0 Å². The van der Waals surface area contributed by atoms with Crippen molar-refractivity contribution in [3.8, 4) is 0 Å². The molecule has 6 heteroatoms. The molecule has 2 aromatic rings. The molecule has 25 heavy (non-hydrogen) atoms. The van der Waals surface area contributed by atoms with E-state index in [1.165, 1.54) is 0 Å². The number of nitrogens with zero attached hydrogens (tertiary/aromatic N) is 3. The molecule has 1 aliphatic heterocycles. The van der Waals surface area contributed by atoms with E-state index in [0.29, 0.717) is 25.9 Å². The number of rotatable bonds is 3. The molecule has 6 nitrogen and oxygen atoms in total. The van der Waals surface area contributed by atoms with Gasteiger partial charge in [-0.1, -0.05) is 30.3 Å². The molecule has 3 rings (SSSR count). The van der Waals surface area contributed by atoms with E-state index in [1.54, 1.807) is 4.68 Å². The van der Waals surface area contributed by atoms with Crippen molar-refractivity contribution in [1.29, 1.82) is 0 Å². The average Bonchev–Trinajstić information content (AvgIpc) is 2.77. The minimum Gasteiger partial charge on any atom is -0.354 e. The molecule has 0 spiro atoms. The topological polar surface area (TPSA) is 67.2 Å². The fourth-order valence-electron chi connectivity index (χ4n) is 3.43. The zero-order chi connectivity index (χ0) is 18.0. The first-order valence-electron chi connectivity index (χ1n) is 8.57. The Labute approximate surface area is 147 Å². The lowest BCUT2D eigenvalue weighted by Crippen LogP contribution is -2.37. The third-order valence-corrected chi connectivity index (χ3v) is 4.92. The van der Waals surface area contributed by atoms with Crippen LogP contribution < -0.4 is 5.32 Å². The van der Waals surface area contributed by atoms with Crippen molar-refractivity contribution in [2.45, 2.75) is 32.7 Å². The van der Waals surface area contributed by atoms with Crippen LogP contribution in [0.2, 0.25) is 0 Å². The highest BCUT2D eigenvalue weighted by molar-refractivity contribution is 5.83. The summed E-state index contributed by atoms with van der Waals surface area (Å²) in [5.41, 5.74) is 3.86. The van der Waals surface area contributed by atoms with Crippen LogP contribution in [0.4, 0.5) is 0 Å². The Bertz CT molecular complexity index is 782. The normalized spacial score (nSPS) is 18.0. The summed E-state index contributed by atoms with van der Waals surface area (Å²) < 4.78 is 1.81. The predicted molar refractivity (Wildman–Crippen MR) is 94.9 cm³/mol. The number of hydrogen-bond acceptors (Lipinski definition) is 3. The van der Waals surface area contributed by atoms with E-state index < -0.39 is 0 Å². The maximum absolute atomic E-state index is 13.1. The molecule has 0 bridgehead atoms. The molecule has 1 aliphatic rings. The number of aromatic nitrogens is 2. The van der Waals surface area contributed by atoms with Gasteiger partial charge in [0, 0.05) is 31.4 Å². The Morgan fingerprint density at radius 3 is 2.64 bits per heavy atom. The molecule has 2 heterocycles. The Kier molecular flexibility index (Phi) is 4.88. The zero-order valence-electron chi connectivity index (χ0n) is 15.0. The van der Waals surface area contributed by atoms with Gasteiger partial charge in [0.25, 0.3) is 0 Å². The van der Waals surface area contributed by atoms with Crippen LogP contribution in [0.5, 0.6) is 0 Å². The van der Waals surface area contributed by atoms with E-state index in [9.17, 15) is 9.59 Å². The van der Waals surface area contributed by atoms with Crippen LogP contribution in [0.25, 0.3) is 0 Å². The highest BCUT2D eigenvalue weighted by atomic mass is 16.2. The van der Waals surface area contributed by atoms with Crippen LogP contribution in [0, 0.1) is 13.8 Å². The monoisotopic (exact) mass is 340 g/mol. The van der Waals surface area contributed by atoms with Crippen molar-refractivity contribution in [2.75, 3.05) is 13.1 Å². The van der Waals surface area contributed by atoms with Crippen molar-refractivity contribution in [2.24, 2.45) is 7.05 Å². The Morgan fingerprint density at radius 1 is 1.28 bits per heavy atom. The lowest BCUT2D eigenvalue weighted by atomic mass is 10.0. The molecule has 1 aromatic carbocycles. The van der Waals surface area contributed by atoms with Crippen LogP contribution in [-0.2, 0) is 23.1 Å². The van der Waals surface area contributed by atoms with Gasteiger partial charge in [0.05, 0.1) is 24.6 Å². The van der Waals surface area contributed by atoms with Gasteiger partial charge in [-0.2, -0.15) is 5.10 Å². The number of carbonyl (C=O) groups excluding carboxylic acids is 2. The fourth-order valence-corrected chi connectivity index (χ4v) is 3.43. The summed E-state index contributed by atoms with van der Waals surface area (Å²) in [5.74, 6) is 0.0162. The summed E-state index contributed by atoms with van der Waals surface area (Å²) in [5, 5.41) is 7.27. The first-order chi connectivity index (χ1) is 12.0. The molecule has 0 radical (unpaired) electrons. The SMILES string of the molecule is Cc1nn(C)c(C)c1CC(=O)N1CCNC(=O)C[C@@H]1c1ccccc1. The molecule has 0 aliphatic carbocycles. The van der Waals surface area contributed by atoms with E-state index in [1.807, 2.05) is 56.1 Å². The lowest BCUT2D eigenvalue weighted by Gasteiger charge is -2.29. The number of amides is 2.